The number of benzene rings is 2. The van der Waals surface area contributed by atoms with Crippen LogP contribution in [0.1, 0.15) is 33.3 Å². The summed E-state index contributed by atoms with van der Waals surface area (Å²) in [6.45, 7) is 7.48. The molecule has 0 aliphatic heterocycles. The summed E-state index contributed by atoms with van der Waals surface area (Å²) in [4.78, 5) is 11.3. The van der Waals surface area contributed by atoms with E-state index >= 15 is 0 Å². The van der Waals surface area contributed by atoms with Crippen molar-refractivity contribution in [2.24, 2.45) is 5.92 Å². The van der Waals surface area contributed by atoms with Gasteiger partial charge in [0.25, 0.3) is 0 Å². The molecule has 0 unspecified atom stereocenters. The molecule has 0 atom stereocenters. The van der Waals surface area contributed by atoms with E-state index in [4.69, 9.17) is 4.74 Å². The molecule has 0 saturated carbocycles. The molecular formula is C20H24O3. The molecule has 0 radical (unpaired) electrons. The Morgan fingerprint density at radius 3 is 2.35 bits per heavy atom. The van der Waals surface area contributed by atoms with Crippen LogP contribution in [0.4, 0.5) is 0 Å². The first-order valence-electron chi connectivity index (χ1n) is 7.90. The molecule has 0 heterocycles. The predicted octanol–water partition coefficient (Wildman–Crippen LogP) is 4.79. The van der Waals surface area contributed by atoms with E-state index < -0.39 is 11.6 Å². The quantitative estimate of drug-likeness (QED) is 0.834. The van der Waals surface area contributed by atoms with E-state index in [2.05, 4.69) is 26.0 Å². The molecule has 1 N–H and O–H groups in total. The number of carbonyl (C=O) groups is 1. The van der Waals surface area contributed by atoms with Crippen LogP contribution in [-0.2, 0) is 11.2 Å². The number of carboxylic acids is 1. The predicted molar refractivity (Wildman–Crippen MR) is 92.8 cm³/mol. The monoisotopic (exact) mass is 312 g/mol. The van der Waals surface area contributed by atoms with Gasteiger partial charge in [0.2, 0.25) is 0 Å². The van der Waals surface area contributed by atoms with Crippen LogP contribution in [0.3, 0.4) is 0 Å². The highest BCUT2D eigenvalue weighted by atomic mass is 16.5. The molecule has 2 aromatic carbocycles. The second-order valence-electron chi connectivity index (χ2n) is 6.70. The Hall–Kier alpha value is -2.29. The molecule has 0 aromatic heterocycles. The molecule has 23 heavy (non-hydrogen) atoms. The van der Waals surface area contributed by atoms with E-state index in [1.807, 2.05) is 36.4 Å². The average Bonchev–Trinajstić information content (AvgIpc) is 2.49. The molecule has 0 fully saturated rings. The van der Waals surface area contributed by atoms with Crippen molar-refractivity contribution in [2.45, 2.75) is 39.7 Å². The van der Waals surface area contributed by atoms with Gasteiger partial charge in [0, 0.05) is 0 Å². The smallest absolute Gasteiger partial charge is 0.347 e. The van der Waals surface area contributed by atoms with Crippen molar-refractivity contribution in [3.8, 4) is 16.9 Å². The van der Waals surface area contributed by atoms with Crippen LogP contribution < -0.4 is 4.74 Å². The maximum atomic E-state index is 11.3. The van der Waals surface area contributed by atoms with Crippen LogP contribution in [0.25, 0.3) is 11.1 Å². The van der Waals surface area contributed by atoms with Crippen LogP contribution >= 0.6 is 0 Å². The van der Waals surface area contributed by atoms with Crippen LogP contribution in [0.2, 0.25) is 0 Å². The summed E-state index contributed by atoms with van der Waals surface area (Å²) in [7, 11) is 0. The largest absolute Gasteiger partial charge is 0.478 e. The van der Waals surface area contributed by atoms with Crippen molar-refractivity contribution in [3.63, 3.8) is 0 Å². The third-order valence-electron chi connectivity index (χ3n) is 3.68. The molecule has 122 valence electrons. The third kappa shape index (κ3) is 4.35. The van der Waals surface area contributed by atoms with Crippen molar-refractivity contribution >= 4 is 5.97 Å². The Morgan fingerprint density at radius 1 is 1.13 bits per heavy atom. The fourth-order valence-corrected chi connectivity index (χ4v) is 2.46. The van der Waals surface area contributed by atoms with Crippen LogP contribution in [-0.4, -0.2) is 16.7 Å². The first-order valence-corrected chi connectivity index (χ1v) is 7.90. The summed E-state index contributed by atoms with van der Waals surface area (Å²) >= 11 is 0. The molecule has 2 aromatic rings. The highest BCUT2D eigenvalue weighted by molar-refractivity contribution is 5.77. The zero-order chi connectivity index (χ0) is 17.0. The molecule has 0 amide bonds. The molecule has 3 nitrogen and oxygen atoms in total. The van der Waals surface area contributed by atoms with Gasteiger partial charge in [-0.05, 0) is 55.0 Å². The van der Waals surface area contributed by atoms with E-state index in [1.54, 1.807) is 13.8 Å². The first-order chi connectivity index (χ1) is 10.8. The van der Waals surface area contributed by atoms with Gasteiger partial charge >= 0.3 is 5.97 Å². The fourth-order valence-electron chi connectivity index (χ4n) is 2.46. The van der Waals surface area contributed by atoms with Gasteiger partial charge in [0.15, 0.2) is 5.60 Å². The second-order valence-corrected chi connectivity index (χ2v) is 6.70. The molecule has 0 spiro atoms. The van der Waals surface area contributed by atoms with E-state index in [1.165, 1.54) is 5.56 Å². The Balaban J connectivity index is 2.43. The van der Waals surface area contributed by atoms with Crippen LogP contribution in [0.15, 0.2) is 48.5 Å². The highest BCUT2D eigenvalue weighted by Gasteiger charge is 2.29. The van der Waals surface area contributed by atoms with Gasteiger partial charge in [0.05, 0.1) is 0 Å². The van der Waals surface area contributed by atoms with Gasteiger partial charge in [0.1, 0.15) is 5.75 Å². The van der Waals surface area contributed by atoms with Crippen molar-refractivity contribution in [2.75, 3.05) is 0 Å². The van der Waals surface area contributed by atoms with Crippen LogP contribution in [0.5, 0.6) is 5.75 Å². The van der Waals surface area contributed by atoms with Crippen molar-refractivity contribution in [3.05, 3.63) is 54.1 Å². The average molecular weight is 312 g/mol. The molecule has 0 bridgehead atoms. The third-order valence-corrected chi connectivity index (χ3v) is 3.68. The van der Waals surface area contributed by atoms with Gasteiger partial charge in [-0.15, -0.1) is 0 Å². The van der Waals surface area contributed by atoms with Crippen molar-refractivity contribution in [1.82, 2.24) is 0 Å². The lowest BCUT2D eigenvalue weighted by atomic mass is 9.93. The molecule has 0 aliphatic rings. The van der Waals surface area contributed by atoms with Gasteiger partial charge in [-0.2, -0.15) is 0 Å². The maximum absolute atomic E-state index is 11.3. The standard InChI is InChI=1S/C20H24O3/c1-14(2)12-16-10-11-17(23-20(3,4)19(21)22)13-18(16)15-8-6-5-7-9-15/h5-11,13-14H,12H2,1-4H3,(H,21,22). The summed E-state index contributed by atoms with van der Waals surface area (Å²) in [6.07, 6.45) is 0.965. The molecular weight excluding hydrogens is 288 g/mol. The SMILES string of the molecule is CC(C)Cc1ccc(OC(C)(C)C(=O)O)cc1-c1ccccc1. The zero-order valence-electron chi connectivity index (χ0n) is 14.2. The number of aliphatic carboxylic acids is 1. The Labute approximate surface area is 137 Å². The number of ether oxygens (including phenoxy) is 1. The summed E-state index contributed by atoms with van der Waals surface area (Å²) in [5.41, 5.74) is 2.19. The lowest BCUT2D eigenvalue weighted by molar-refractivity contribution is -0.152. The highest BCUT2D eigenvalue weighted by Crippen LogP contribution is 2.31. The summed E-state index contributed by atoms with van der Waals surface area (Å²) in [5.74, 6) is 0.133. The van der Waals surface area contributed by atoms with Gasteiger partial charge in [-0.25, -0.2) is 4.79 Å². The number of carboxylic acid groups (broad SMARTS) is 1. The Morgan fingerprint density at radius 2 is 1.78 bits per heavy atom. The minimum absolute atomic E-state index is 0.541. The van der Waals surface area contributed by atoms with Gasteiger partial charge in [-0.1, -0.05) is 50.2 Å². The summed E-state index contributed by atoms with van der Waals surface area (Å²) < 4.78 is 5.69. The topological polar surface area (TPSA) is 46.5 Å². The molecule has 0 saturated heterocycles. The second kappa shape index (κ2) is 6.86. The summed E-state index contributed by atoms with van der Waals surface area (Å²) in [5, 5.41) is 9.24. The van der Waals surface area contributed by atoms with E-state index in [0.717, 1.165) is 17.5 Å². The van der Waals surface area contributed by atoms with E-state index in [9.17, 15) is 9.90 Å². The lowest BCUT2D eigenvalue weighted by Crippen LogP contribution is -2.37. The van der Waals surface area contributed by atoms with Gasteiger partial charge < -0.3 is 9.84 Å². The van der Waals surface area contributed by atoms with E-state index in [-0.39, 0.29) is 0 Å². The fraction of sp³-hybridized carbons (Fsp3) is 0.350. The molecule has 3 heteroatoms. The first kappa shape index (κ1) is 17.1. The molecule has 0 aliphatic carbocycles. The Bertz CT molecular complexity index is 673. The van der Waals surface area contributed by atoms with Crippen molar-refractivity contribution < 1.29 is 14.6 Å². The number of hydrogen-bond acceptors (Lipinski definition) is 2. The zero-order valence-corrected chi connectivity index (χ0v) is 14.2. The Kier molecular flexibility index (Phi) is 5.09. The maximum Gasteiger partial charge on any atom is 0.347 e. The molecule has 2 rings (SSSR count). The summed E-state index contributed by atoms with van der Waals surface area (Å²) in [6, 6.07) is 15.9. The minimum atomic E-state index is -1.26. The number of hydrogen-bond donors (Lipinski definition) is 1. The number of rotatable bonds is 6. The lowest BCUT2D eigenvalue weighted by Gasteiger charge is -2.23. The van der Waals surface area contributed by atoms with Gasteiger partial charge in [-0.3, -0.25) is 0 Å². The van der Waals surface area contributed by atoms with Crippen molar-refractivity contribution in [1.29, 1.82) is 0 Å². The van der Waals surface area contributed by atoms with E-state index in [0.29, 0.717) is 11.7 Å². The normalized spacial score (nSPS) is 11.5. The van der Waals surface area contributed by atoms with Crippen LogP contribution in [0, 0.1) is 5.92 Å². The minimum Gasteiger partial charge on any atom is -0.478 e.